The van der Waals surface area contributed by atoms with Gasteiger partial charge in [0, 0.05) is 0 Å². The summed E-state index contributed by atoms with van der Waals surface area (Å²) in [7, 11) is 0. The molecule has 0 amide bonds. The summed E-state index contributed by atoms with van der Waals surface area (Å²) in [5.41, 5.74) is 0. The molecule has 1 N–H and O–H groups in total. The first-order valence-corrected chi connectivity index (χ1v) is 3.41. The SMILES string of the molecule is [Pb][c]1cn[nH]n1. The molecule has 0 saturated carbocycles. The van der Waals surface area contributed by atoms with E-state index in [9.17, 15) is 0 Å². The number of hydrogen-bond donors (Lipinski definition) is 1. The van der Waals surface area contributed by atoms with E-state index in [2.05, 4.69) is 15.4 Å². The average molecular weight is 275 g/mol. The van der Waals surface area contributed by atoms with Crippen LogP contribution in [-0.2, 0) is 0 Å². The molecule has 1 rings (SSSR count). The molecule has 3 nitrogen and oxygen atoms in total. The van der Waals surface area contributed by atoms with Gasteiger partial charge in [0.25, 0.3) is 0 Å². The summed E-state index contributed by atoms with van der Waals surface area (Å²) in [5, 5.41) is 9.83. The number of aromatic nitrogens is 3. The Morgan fingerprint density at radius 1 is 1.83 bits per heavy atom. The topological polar surface area (TPSA) is 41.6 Å². The van der Waals surface area contributed by atoms with E-state index in [0.717, 1.165) is 29.0 Å². The van der Waals surface area contributed by atoms with Gasteiger partial charge in [-0.3, -0.25) is 0 Å². The summed E-state index contributed by atoms with van der Waals surface area (Å²) >= 11 is 0.991. The summed E-state index contributed by atoms with van der Waals surface area (Å²) in [6.07, 6.45) is 1.73. The molecule has 0 fully saturated rings. The molecule has 0 aromatic carbocycles. The Bertz CT molecular complexity index is 112. The zero-order valence-corrected chi connectivity index (χ0v) is 6.86. The van der Waals surface area contributed by atoms with Gasteiger partial charge in [-0.15, -0.1) is 0 Å². The predicted molar refractivity (Wildman–Crippen MR) is 21.8 cm³/mol. The molecule has 0 aliphatic rings. The fourth-order valence-electron chi connectivity index (χ4n) is 0.202. The van der Waals surface area contributed by atoms with Crippen molar-refractivity contribution in [3.63, 3.8) is 0 Å². The first-order chi connectivity index (χ1) is 2.89. The first-order valence-electron chi connectivity index (χ1n) is 1.47. The van der Waals surface area contributed by atoms with Gasteiger partial charge in [-0.25, -0.2) is 0 Å². The molecule has 0 atom stereocenters. The molecule has 1 heterocycles. The first kappa shape index (κ1) is 4.23. The molecule has 29 valence electrons. The Hall–Kier alpha value is 0.0621. The predicted octanol–water partition coefficient (Wildman–Crippen LogP) is -1.40. The monoisotopic (exact) mass is 276 g/mol. The van der Waals surface area contributed by atoms with Crippen molar-refractivity contribution in [2.45, 2.75) is 0 Å². The maximum absolute atomic E-state index is 3.74. The fourth-order valence-corrected chi connectivity index (χ4v) is 0.647. The molecule has 0 bridgehead atoms. The minimum atomic E-state index is 0.991. The molecule has 1 aromatic heterocycles. The number of nitrogens with zero attached hydrogens (tertiary/aromatic N) is 2. The van der Waals surface area contributed by atoms with Crippen LogP contribution in [0.2, 0.25) is 0 Å². The summed E-state index contributed by atoms with van der Waals surface area (Å²) in [5.74, 6) is 0. The Balaban J connectivity index is 3.05. The van der Waals surface area contributed by atoms with Crippen molar-refractivity contribution in [1.29, 1.82) is 0 Å². The minimum absolute atomic E-state index is 0.991. The van der Waals surface area contributed by atoms with Crippen LogP contribution in [0.1, 0.15) is 0 Å². The van der Waals surface area contributed by atoms with Gasteiger partial charge < -0.3 is 0 Å². The molecule has 3 radical (unpaired) electrons. The number of aromatic amines is 1. The van der Waals surface area contributed by atoms with Crippen molar-refractivity contribution in [2.75, 3.05) is 0 Å². The number of nitrogens with one attached hydrogen (secondary N) is 1. The third kappa shape index (κ3) is 0.764. The normalized spacial score (nSPS) is 8.83. The fraction of sp³-hybridized carbons (Fsp3) is 0. The van der Waals surface area contributed by atoms with Crippen molar-refractivity contribution in [3.8, 4) is 0 Å². The molecule has 6 heavy (non-hydrogen) atoms. The van der Waals surface area contributed by atoms with Crippen molar-refractivity contribution in [1.82, 2.24) is 15.4 Å². The van der Waals surface area contributed by atoms with Crippen molar-refractivity contribution < 1.29 is 0 Å². The Labute approximate surface area is 50.8 Å². The van der Waals surface area contributed by atoms with E-state index in [0.29, 0.717) is 0 Å². The van der Waals surface area contributed by atoms with Gasteiger partial charge in [0.2, 0.25) is 0 Å². The summed E-state index contributed by atoms with van der Waals surface area (Å²) in [4.78, 5) is 0. The molecule has 0 aliphatic carbocycles. The van der Waals surface area contributed by atoms with Gasteiger partial charge in [0.15, 0.2) is 0 Å². The van der Waals surface area contributed by atoms with Crippen molar-refractivity contribution in [2.24, 2.45) is 0 Å². The Morgan fingerprint density at radius 2 is 2.67 bits per heavy atom. The van der Waals surface area contributed by atoms with Crippen molar-refractivity contribution in [3.05, 3.63) is 6.20 Å². The zero-order valence-electron chi connectivity index (χ0n) is 2.97. The Morgan fingerprint density at radius 3 is 2.83 bits per heavy atom. The van der Waals surface area contributed by atoms with Gasteiger partial charge in [0.05, 0.1) is 0 Å². The van der Waals surface area contributed by atoms with Crippen LogP contribution in [0.3, 0.4) is 0 Å². The van der Waals surface area contributed by atoms with Gasteiger partial charge >= 0.3 is 50.6 Å². The molecule has 0 unspecified atom stereocenters. The van der Waals surface area contributed by atoms with E-state index in [1.165, 1.54) is 0 Å². The second kappa shape index (κ2) is 1.67. The van der Waals surface area contributed by atoms with E-state index >= 15 is 0 Å². The summed E-state index contributed by atoms with van der Waals surface area (Å²) in [6, 6.07) is 0. The van der Waals surface area contributed by atoms with Crippen molar-refractivity contribution >= 4 is 29.0 Å². The second-order valence-corrected chi connectivity index (χ2v) is 2.85. The van der Waals surface area contributed by atoms with Crippen LogP contribution in [0.25, 0.3) is 0 Å². The van der Waals surface area contributed by atoms with Crippen LogP contribution in [0.4, 0.5) is 0 Å². The van der Waals surface area contributed by atoms with Gasteiger partial charge in [-0.05, 0) is 0 Å². The third-order valence-electron chi connectivity index (χ3n) is 0.415. The van der Waals surface area contributed by atoms with E-state index in [4.69, 9.17) is 0 Å². The van der Waals surface area contributed by atoms with E-state index in [1.807, 2.05) is 0 Å². The number of hydrogen-bond acceptors (Lipinski definition) is 2. The summed E-state index contributed by atoms with van der Waals surface area (Å²) < 4.78 is 1.06. The molecule has 4 heteroatoms. The van der Waals surface area contributed by atoms with Crippen LogP contribution in [0.15, 0.2) is 6.20 Å². The quantitative estimate of drug-likeness (QED) is 0.592. The molecular weight excluding hydrogens is 273 g/mol. The van der Waals surface area contributed by atoms with E-state index < -0.39 is 0 Å². The standard InChI is InChI=1S/C2H2N3.Pb/c1-2-4-5-3-1;/h1H,(H,3,4,5);. The second-order valence-electron chi connectivity index (χ2n) is 0.855. The third-order valence-corrected chi connectivity index (χ3v) is 1.35. The van der Waals surface area contributed by atoms with Crippen LogP contribution >= 0.6 is 0 Å². The average Bonchev–Trinajstić information content (AvgIpc) is 1.86. The number of rotatable bonds is 0. The molecule has 0 aliphatic heterocycles. The molecule has 0 spiro atoms. The van der Waals surface area contributed by atoms with E-state index in [1.54, 1.807) is 6.20 Å². The van der Waals surface area contributed by atoms with Crippen LogP contribution in [0, 0.1) is 0 Å². The maximum atomic E-state index is 3.74. The van der Waals surface area contributed by atoms with Gasteiger partial charge in [-0.1, -0.05) is 0 Å². The molecule has 0 saturated heterocycles. The van der Waals surface area contributed by atoms with Gasteiger partial charge in [-0.2, -0.15) is 0 Å². The van der Waals surface area contributed by atoms with Crippen LogP contribution < -0.4 is 3.25 Å². The Kier molecular flexibility index (Phi) is 1.18. The van der Waals surface area contributed by atoms with E-state index in [-0.39, 0.29) is 0 Å². The molecule has 1 aromatic rings. The summed E-state index contributed by atoms with van der Waals surface area (Å²) in [6.45, 7) is 0. The molecular formula is C2H2N3Pb. The number of H-pyrrole nitrogens is 1. The van der Waals surface area contributed by atoms with Gasteiger partial charge in [0.1, 0.15) is 0 Å². The van der Waals surface area contributed by atoms with Crippen LogP contribution in [0.5, 0.6) is 0 Å². The van der Waals surface area contributed by atoms with Crippen LogP contribution in [-0.4, -0.2) is 41.2 Å². The zero-order chi connectivity index (χ0) is 4.41.